The van der Waals surface area contributed by atoms with E-state index in [2.05, 4.69) is 21.3 Å². The maximum Gasteiger partial charge on any atom is 0.250 e. The van der Waals surface area contributed by atoms with Gasteiger partial charge in [0.15, 0.2) is 0 Å². The molecule has 0 aromatic heterocycles. The fraction of sp³-hybridized carbons (Fsp3) is 0.619. The number of carbonyl (C=O) groups is 1. The van der Waals surface area contributed by atoms with Gasteiger partial charge in [0.1, 0.15) is 28.4 Å². The van der Waals surface area contributed by atoms with Gasteiger partial charge < -0.3 is 26.0 Å². The average Bonchev–Trinajstić information content (AvgIpc) is 2.74. The van der Waals surface area contributed by atoms with Gasteiger partial charge in [-0.2, -0.15) is 0 Å². The summed E-state index contributed by atoms with van der Waals surface area (Å²) in [6, 6.07) is 7.41. The van der Waals surface area contributed by atoms with Crippen LogP contribution in [0.1, 0.15) is 38.3 Å². The zero-order valence-corrected chi connectivity index (χ0v) is 19.5. The lowest BCUT2D eigenvalue weighted by Crippen LogP contribution is -2.58. The maximum absolute atomic E-state index is 12.4. The second kappa shape index (κ2) is 13.8. The summed E-state index contributed by atoms with van der Waals surface area (Å²) >= 11 is 0. The first kappa shape index (κ1) is 28.4. The van der Waals surface area contributed by atoms with Crippen LogP contribution in [0.15, 0.2) is 30.3 Å². The Balaban J connectivity index is 2.63. The lowest BCUT2D eigenvalue weighted by atomic mass is 10.0. The molecule has 0 bridgehead atoms. The van der Waals surface area contributed by atoms with Crippen molar-refractivity contribution in [3.63, 3.8) is 0 Å². The van der Waals surface area contributed by atoms with E-state index in [1.54, 1.807) is 0 Å². The lowest BCUT2D eigenvalue weighted by molar-refractivity contribution is -0.132. The number of hydrogen-bond donors (Lipinski definition) is 7. The number of aliphatic hydroxyl groups is 3. The van der Waals surface area contributed by atoms with Crippen LogP contribution in [0.4, 0.5) is 0 Å². The molecule has 0 spiro atoms. The van der Waals surface area contributed by atoms with Gasteiger partial charge in [-0.1, -0.05) is 43.7 Å². The number of carbonyl (C=O) groups excluding carboxylic acids is 1. The molecule has 10 nitrogen and oxygen atoms in total. The molecule has 1 aromatic carbocycles. The molecule has 0 aliphatic rings. The number of sulfone groups is 1. The molecule has 11 heteroatoms. The Morgan fingerprint density at radius 2 is 1.72 bits per heavy atom. The Hall–Kier alpha value is -1.60. The topological polar surface area (TPSA) is 160 Å². The van der Waals surface area contributed by atoms with E-state index in [1.807, 2.05) is 44.2 Å². The van der Waals surface area contributed by atoms with Gasteiger partial charge in [0, 0.05) is 25.4 Å². The van der Waals surface area contributed by atoms with E-state index in [9.17, 15) is 28.5 Å². The highest BCUT2D eigenvalue weighted by Crippen LogP contribution is 2.11. The molecule has 7 N–H and O–H groups in total. The summed E-state index contributed by atoms with van der Waals surface area (Å²) in [5, 5.41) is 41.3. The van der Waals surface area contributed by atoms with E-state index in [0.29, 0.717) is 12.8 Å². The number of nitrogens with one attached hydrogen (secondary N) is 4. The van der Waals surface area contributed by atoms with Crippen LogP contribution in [-0.4, -0.2) is 78.8 Å². The monoisotopic (exact) mass is 472 g/mol. The fourth-order valence-electron chi connectivity index (χ4n) is 3.21. The van der Waals surface area contributed by atoms with Crippen LogP contribution in [0.2, 0.25) is 0 Å². The minimum absolute atomic E-state index is 0.143. The zero-order chi connectivity index (χ0) is 24.3. The Kier molecular flexibility index (Phi) is 12.3. The highest BCUT2D eigenvalue weighted by Gasteiger charge is 2.30. The molecule has 0 saturated carbocycles. The van der Waals surface area contributed by atoms with Gasteiger partial charge in [-0.05, 0) is 18.9 Å². The molecule has 0 heterocycles. The molecule has 1 amide bonds. The van der Waals surface area contributed by atoms with E-state index in [4.69, 9.17) is 7.05 Å². The highest BCUT2D eigenvalue weighted by molar-refractivity contribution is 7.90. The maximum atomic E-state index is 12.4. The largest absolute Gasteiger partial charge is 0.382 e. The molecular weight excluding hydrogens is 436 g/mol. The van der Waals surface area contributed by atoms with Gasteiger partial charge in [-0.15, -0.1) is 0 Å². The first-order valence-electron chi connectivity index (χ1n) is 10.5. The molecule has 6 atom stereocenters. The van der Waals surface area contributed by atoms with Crippen molar-refractivity contribution in [2.45, 2.75) is 63.4 Å². The average molecular weight is 473 g/mol. The lowest BCUT2D eigenvalue weighted by Gasteiger charge is -2.30. The predicted molar refractivity (Wildman–Crippen MR) is 122 cm³/mol. The number of rotatable bonds is 15. The summed E-state index contributed by atoms with van der Waals surface area (Å²) < 4.78 is 23.0. The van der Waals surface area contributed by atoms with Crippen molar-refractivity contribution in [1.29, 1.82) is 0 Å². The molecule has 182 valence electrons. The van der Waals surface area contributed by atoms with E-state index in [0.717, 1.165) is 11.8 Å². The van der Waals surface area contributed by atoms with Gasteiger partial charge in [0.05, 0.1) is 18.3 Å². The third kappa shape index (κ3) is 10.3. The van der Waals surface area contributed by atoms with Gasteiger partial charge in [-0.3, -0.25) is 15.4 Å². The van der Waals surface area contributed by atoms with E-state index in [1.165, 1.54) is 0 Å². The molecule has 32 heavy (non-hydrogen) atoms. The van der Waals surface area contributed by atoms with Crippen LogP contribution >= 0.6 is 0 Å². The molecule has 1 rings (SSSR count). The third-order valence-corrected chi connectivity index (χ3v) is 5.89. The van der Waals surface area contributed by atoms with Crippen molar-refractivity contribution in [3.8, 4) is 0 Å². The minimum atomic E-state index is -3.43. The van der Waals surface area contributed by atoms with E-state index in [-0.39, 0.29) is 12.6 Å². The van der Waals surface area contributed by atoms with Gasteiger partial charge in [0.25, 0.3) is 5.91 Å². The molecular formula is C21H36N4O6S. The second-order valence-corrected chi connectivity index (χ2v) is 10.1. The number of amides is 1. The number of hydrogen-bond acceptors (Lipinski definition) is 9. The minimum Gasteiger partial charge on any atom is -0.382 e. The van der Waals surface area contributed by atoms with E-state index >= 15 is 0 Å². The van der Waals surface area contributed by atoms with Crippen LogP contribution in [0.5, 0.6) is 0 Å². The van der Waals surface area contributed by atoms with Crippen molar-refractivity contribution in [1.82, 2.24) is 21.3 Å². The molecule has 2 radical (unpaired) electrons. The van der Waals surface area contributed by atoms with Crippen LogP contribution in [0, 0.1) is 7.05 Å². The molecule has 6 unspecified atom stereocenters. The van der Waals surface area contributed by atoms with Crippen LogP contribution in [0.3, 0.4) is 0 Å². The van der Waals surface area contributed by atoms with Crippen molar-refractivity contribution in [3.05, 3.63) is 42.9 Å². The molecule has 0 fully saturated rings. The summed E-state index contributed by atoms with van der Waals surface area (Å²) in [7, 11) is 1.91. The van der Waals surface area contributed by atoms with Crippen LogP contribution in [-0.2, 0) is 14.6 Å². The second-order valence-electron chi connectivity index (χ2n) is 7.88. The molecule has 1 aromatic rings. The first-order valence-corrected chi connectivity index (χ1v) is 12.6. The van der Waals surface area contributed by atoms with Gasteiger partial charge in [0.2, 0.25) is 0 Å². The van der Waals surface area contributed by atoms with Crippen molar-refractivity contribution in [2.24, 2.45) is 0 Å². The summed E-state index contributed by atoms with van der Waals surface area (Å²) in [4.78, 5) is 12.4. The summed E-state index contributed by atoms with van der Waals surface area (Å²) in [6.07, 6.45) is -2.10. The first-order chi connectivity index (χ1) is 15.0. The predicted octanol–water partition coefficient (Wildman–Crippen LogP) is -1.12. The smallest absolute Gasteiger partial charge is 0.250 e. The van der Waals surface area contributed by atoms with Gasteiger partial charge >= 0.3 is 0 Å². The van der Waals surface area contributed by atoms with Crippen molar-refractivity contribution < 1.29 is 28.5 Å². The fourth-order valence-corrected chi connectivity index (χ4v) is 4.14. The van der Waals surface area contributed by atoms with E-state index < -0.39 is 52.1 Å². The summed E-state index contributed by atoms with van der Waals surface area (Å²) in [6.45, 7) is 3.56. The Morgan fingerprint density at radius 1 is 1.09 bits per heavy atom. The Labute approximate surface area is 190 Å². The third-order valence-electron chi connectivity index (χ3n) is 4.92. The molecule has 0 saturated heterocycles. The Morgan fingerprint density at radius 3 is 2.25 bits per heavy atom. The SMILES string of the molecule is [CH]NC(CS(C)(=O)=O)C(O)NC(CCC)C(O)C(=O)NCC(O)NC(C)c1ccccc1. The van der Waals surface area contributed by atoms with Crippen LogP contribution < -0.4 is 21.3 Å². The number of aliphatic hydroxyl groups excluding tert-OH is 3. The zero-order valence-electron chi connectivity index (χ0n) is 18.7. The quantitative estimate of drug-likeness (QED) is 0.124. The summed E-state index contributed by atoms with van der Waals surface area (Å²) in [5.41, 5.74) is 0.969. The molecule has 0 aliphatic carbocycles. The van der Waals surface area contributed by atoms with Crippen LogP contribution in [0.25, 0.3) is 0 Å². The standard InChI is InChI=1S/C21H36N4O6S/c1-5-9-16(25-20(28)17(22-3)13-32(4,30)31)19(27)21(29)23-12-18(26)24-14(2)15-10-7-6-8-11-15/h3,6-8,10-11,14,16-20,22,24-28H,5,9,12-13H2,1-2,4H3,(H,23,29). The summed E-state index contributed by atoms with van der Waals surface area (Å²) in [5.74, 6) is -1.17. The van der Waals surface area contributed by atoms with Crippen molar-refractivity contribution in [2.75, 3.05) is 18.6 Å². The highest BCUT2D eigenvalue weighted by atomic mass is 32.2. The molecule has 0 aliphatic heterocycles. The number of benzene rings is 1. The Bertz CT molecular complexity index is 780. The van der Waals surface area contributed by atoms with Gasteiger partial charge in [-0.25, -0.2) is 8.42 Å². The van der Waals surface area contributed by atoms with Crippen molar-refractivity contribution >= 4 is 15.7 Å². The normalized spacial score (nSPS) is 17.7.